The first-order chi connectivity index (χ1) is 8.90. The van der Waals surface area contributed by atoms with Crippen LogP contribution in [-0.4, -0.2) is 24.4 Å². The van der Waals surface area contributed by atoms with Crippen molar-refractivity contribution in [3.8, 4) is 5.75 Å². The first-order valence-corrected chi connectivity index (χ1v) is 6.35. The highest BCUT2D eigenvalue weighted by atomic mass is 16.5. The molecule has 0 amide bonds. The molecule has 0 aliphatic heterocycles. The molecule has 104 valence electrons. The average Bonchev–Trinajstić information content (AvgIpc) is 2.30. The van der Waals surface area contributed by atoms with Crippen molar-refractivity contribution in [2.45, 2.75) is 39.8 Å². The molecule has 0 radical (unpaired) electrons. The Morgan fingerprint density at radius 2 is 1.89 bits per heavy atom. The number of ether oxygens (including phenoxy) is 2. The van der Waals surface area contributed by atoms with E-state index in [4.69, 9.17) is 9.47 Å². The molecule has 4 nitrogen and oxygen atoms in total. The van der Waals surface area contributed by atoms with Crippen molar-refractivity contribution in [3.05, 3.63) is 29.8 Å². The van der Waals surface area contributed by atoms with E-state index in [0.29, 0.717) is 13.2 Å². The second-order valence-electron chi connectivity index (χ2n) is 5.08. The zero-order valence-corrected chi connectivity index (χ0v) is 12.0. The summed E-state index contributed by atoms with van der Waals surface area (Å²) in [5.41, 5.74) is 0.811. The number of hydrogen-bond acceptors (Lipinski definition) is 4. The predicted molar refractivity (Wildman–Crippen MR) is 75.7 cm³/mol. The SMILES string of the molecule is CCOC(=O)C=NCc1ccc(OC(C)(C)C)cc1. The molecule has 0 bridgehead atoms. The molecule has 0 unspecified atom stereocenters. The van der Waals surface area contributed by atoms with Gasteiger partial charge in [-0.15, -0.1) is 0 Å². The third-order valence-corrected chi connectivity index (χ3v) is 2.10. The molecule has 0 N–H and O–H groups in total. The van der Waals surface area contributed by atoms with Gasteiger partial charge in [-0.25, -0.2) is 4.79 Å². The number of carbonyl (C=O) groups excluding carboxylic acids is 1. The van der Waals surface area contributed by atoms with Crippen LogP contribution in [0.2, 0.25) is 0 Å². The molecule has 4 heteroatoms. The Kier molecular flexibility index (Phi) is 5.55. The molecule has 0 aromatic heterocycles. The van der Waals surface area contributed by atoms with Gasteiger partial charge in [-0.05, 0) is 45.4 Å². The van der Waals surface area contributed by atoms with Crippen LogP contribution < -0.4 is 4.74 Å². The van der Waals surface area contributed by atoms with E-state index in [1.807, 2.05) is 45.0 Å². The van der Waals surface area contributed by atoms with Gasteiger partial charge < -0.3 is 9.47 Å². The lowest BCUT2D eigenvalue weighted by atomic mass is 10.1. The van der Waals surface area contributed by atoms with Gasteiger partial charge >= 0.3 is 5.97 Å². The van der Waals surface area contributed by atoms with Crippen LogP contribution in [0.25, 0.3) is 0 Å². The van der Waals surface area contributed by atoms with E-state index >= 15 is 0 Å². The van der Waals surface area contributed by atoms with Crippen LogP contribution in [0, 0.1) is 0 Å². The maximum atomic E-state index is 11.1. The molecule has 0 atom stereocenters. The Labute approximate surface area is 114 Å². The van der Waals surface area contributed by atoms with Crippen LogP contribution in [0.15, 0.2) is 29.3 Å². The van der Waals surface area contributed by atoms with E-state index in [0.717, 1.165) is 11.3 Å². The van der Waals surface area contributed by atoms with Crippen molar-refractivity contribution < 1.29 is 14.3 Å². The van der Waals surface area contributed by atoms with Gasteiger partial charge in [0.05, 0.1) is 13.2 Å². The standard InChI is InChI=1S/C15H21NO3/c1-5-18-14(17)11-16-10-12-6-8-13(9-7-12)19-15(2,3)4/h6-9,11H,5,10H2,1-4H3. The summed E-state index contributed by atoms with van der Waals surface area (Å²) >= 11 is 0. The number of aliphatic imine (C=N–C) groups is 1. The fourth-order valence-corrected chi connectivity index (χ4v) is 1.42. The Morgan fingerprint density at radius 3 is 2.42 bits per heavy atom. The molecule has 0 fully saturated rings. The molecular weight excluding hydrogens is 242 g/mol. The third-order valence-electron chi connectivity index (χ3n) is 2.10. The maximum Gasteiger partial charge on any atom is 0.348 e. The number of nitrogens with zero attached hydrogens (tertiary/aromatic N) is 1. The Balaban J connectivity index is 2.51. The lowest BCUT2D eigenvalue weighted by Gasteiger charge is -2.21. The van der Waals surface area contributed by atoms with Crippen molar-refractivity contribution in [1.29, 1.82) is 0 Å². The Morgan fingerprint density at radius 1 is 1.26 bits per heavy atom. The number of benzene rings is 1. The van der Waals surface area contributed by atoms with Crippen LogP contribution in [0.4, 0.5) is 0 Å². The summed E-state index contributed by atoms with van der Waals surface area (Å²) in [4.78, 5) is 15.1. The normalized spacial score (nSPS) is 11.6. The van der Waals surface area contributed by atoms with Crippen molar-refractivity contribution >= 4 is 12.2 Å². The van der Waals surface area contributed by atoms with Crippen LogP contribution in [0.5, 0.6) is 5.75 Å². The summed E-state index contributed by atoms with van der Waals surface area (Å²) in [6.45, 7) is 8.59. The van der Waals surface area contributed by atoms with Crippen LogP contribution in [0.1, 0.15) is 33.3 Å². The second-order valence-corrected chi connectivity index (χ2v) is 5.08. The van der Waals surface area contributed by atoms with Crippen molar-refractivity contribution in [2.24, 2.45) is 4.99 Å². The highest BCUT2D eigenvalue weighted by Crippen LogP contribution is 2.18. The number of carbonyl (C=O) groups is 1. The minimum absolute atomic E-state index is 0.205. The topological polar surface area (TPSA) is 47.9 Å². The fraction of sp³-hybridized carbons (Fsp3) is 0.467. The number of rotatable bonds is 5. The Hall–Kier alpha value is -1.84. The molecule has 0 heterocycles. The number of hydrogen-bond donors (Lipinski definition) is 0. The van der Waals surface area contributed by atoms with Gasteiger partial charge in [0, 0.05) is 0 Å². The largest absolute Gasteiger partial charge is 0.488 e. The van der Waals surface area contributed by atoms with Crippen LogP contribution in [-0.2, 0) is 16.1 Å². The lowest BCUT2D eigenvalue weighted by Crippen LogP contribution is -2.22. The zero-order valence-electron chi connectivity index (χ0n) is 12.0. The third kappa shape index (κ3) is 6.60. The van der Waals surface area contributed by atoms with Crippen molar-refractivity contribution in [2.75, 3.05) is 6.61 Å². The van der Waals surface area contributed by atoms with Gasteiger partial charge in [-0.3, -0.25) is 4.99 Å². The average molecular weight is 263 g/mol. The van der Waals surface area contributed by atoms with E-state index in [1.165, 1.54) is 6.21 Å². The van der Waals surface area contributed by atoms with Gasteiger partial charge in [-0.2, -0.15) is 0 Å². The smallest absolute Gasteiger partial charge is 0.348 e. The molecule has 19 heavy (non-hydrogen) atoms. The van der Waals surface area contributed by atoms with Gasteiger partial charge in [0.25, 0.3) is 0 Å². The molecule has 1 aromatic rings. The minimum Gasteiger partial charge on any atom is -0.488 e. The first-order valence-electron chi connectivity index (χ1n) is 6.35. The lowest BCUT2D eigenvalue weighted by molar-refractivity contribution is -0.134. The summed E-state index contributed by atoms with van der Waals surface area (Å²) in [5.74, 6) is 0.417. The van der Waals surface area contributed by atoms with Crippen LogP contribution >= 0.6 is 0 Å². The molecular formula is C15H21NO3. The number of esters is 1. The molecule has 0 saturated heterocycles. The summed E-state index contributed by atoms with van der Waals surface area (Å²) in [7, 11) is 0. The summed E-state index contributed by atoms with van der Waals surface area (Å²) in [5, 5.41) is 0. The molecule has 0 spiro atoms. The van der Waals surface area contributed by atoms with Crippen LogP contribution in [0.3, 0.4) is 0 Å². The van der Waals surface area contributed by atoms with E-state index in [-0.39, 0.29) is 5.60 Å². The van der Waals surface area contributed by atoms with Gasteiger partial charge in [0.1, 0.15) is 17.6 Å². The highest BCUT2D eigenvalue weighted by Gasteiger charge is 2.11. The molecule has 1 rings (SSSR count). The highest BCUT2D eigenvalue weighted by molar-refractivity contribution is 6.23. The van der Waals surface area contributed by atoms with E-state index in [1.54, 1.807) is 6.92 Å². The van der Waals surface area contributed by atoms with E-state index in [9.17, 15) is 4.79 Å². The van der Waals surface area contributed by atoms with E-state index in [2.05, 4.69) is 4.99 Å². The quantitative estimate of drug-likeness (QED) is 0.606. The van der Waals surface area contributed by atoms with Crippen molar-refractivity contribution in [3.63, 3.8) is 0 Å². The predicted octanol–water partition coefficient (Wildman–Crippen LogP) is 3.00. The zero-order chi connectivity index (χ0) is 14.3. The minimum atomic E-state index is -0.407. The summed E-state index contributed by atoms with van der Waals surface area (Å²) < 4.78 is 10.5. The maximum absolute atomic E-state index is 11.1. The van der Waals surface area contributed by atoms with Gasteiger partial charge in [0.15, 0.2) is 0 Å². The second kappa shape index (κ2) is 6.92. The molecule has 0 aliphatic rings. The fourth-order valence-electron chi connectivity index (χ4n) is 1.42. The van der Waals surface area contributed by atoms with Gasteiger partial charge in [0.2, 0.25) is 0 Å². The van der Waals surface area contributed by atoms with Gasteiger partial charge in [-0.1, -0.05) is 12.1 Å². The monoisotopic (exact) mass is 263 g/mol. The first kappa shape index (κ1) is 15.2. The molecule has 1 aromatic carbocycles. The Bertz CT molecular complexity index is 430. The van der Waals surface area contributed by atoms with E-state index < -0.39 is 5.97 Å². The summed E-state index contributed by atoms with van der Waals surface area (Å²) in [6.07, 6.45) is 1.21. The molecule has 0 saturated carbocycles. The molecule has 0 aliphatic carbocycles. The summed E-state index contributed by atoms with van der Waals surface area (Å²) in [6, 6.07) is 7.67. The van der Waals surface area contributed by atoms with Crippen molar-refractivity contribution in [1.82, 2.24) is 0 Å².